The second-order valence-corrected chi connectivity index (χ2v) is 3.14. The fourth-order valence-electron chi connectivity index (χ4n) is 1.17. The monoisotopic (exact) mass is 208 g/mol. The molecule has 0 unspecified atom stereocenters. The molecule has 80 valence electrons. The molecule has 1 rings (SSSR count). The van der Waals surface area contributed by atoms with Crippen LogP contribution in [0.25, 0.3) is 0 Å². The highest BCUT2D eigenvalue weighted by atomic mass is 16.4. The normalized spacial score (nSPS) is 9.73. The van der Waals surface area contributed by atoms with Gasteiger partial charge in [0.15, 0.2) is 0 Å². The molecular weight excluding hydrogens is 196 g/mol. The number of carboxylic acid groups (broad SMARTS) is 1. The Morgan fingerprint density at radius 2 is 2.13 bits per heavy atom. The molecule has 15 heavy (non-hydrogen) atoms. The summed E-state index contributed by atoms with van der Waals surface area (Å²) in [5.74, 6) is -1.03. The minimum atomic E-state index is -1.06. The number of pyridine rings is 1. The van der Waals surface area contributed by atoms with E-state index in [4.69, 9.17) is 5.11 Å². The van der Waals surface area contributed by atoms with Crippen molar-refractivity contribution in [2.75, 3.05) is 11.4 Å². The van der Waals surface area contributed by atoms with Crippen LogP contribution < -0.4 is 4.90 Å². The van der Waals surface area contributed by atoms with Crippen molar-refractivity contribution in [1.82, 2.24) is 4.98 Å². The SMILES string of the molecule is CC(=O)N(CC(=O)O)c1cccc(C)n1. The van der Waals surface area contributed by atoms with E-state index in [1.165, 1.54) is 6.92 Å². The number of aromatic nitrogens is 1. The third-order valence-corrected chi connectivity index (χ3v) is 1.82. The van der Waals surface area contributed by atoms with Crippen molar-refractivity contribution in [1.29, 1.82) is 0 Å². The van der Waals surface area contributed by atoms with Gasteiger partial charge in [-0.15, -0.1) is 0 Å². The predicted molar refractivity (Wildman–Crippen MR) is 54.6 cm³/mol. The summed E-state index contributed by atoms with van der Waals surface area (Å²) in [6, 6.07) is 5.12. The zero-order valence-corrected chi connectivity index (χ0v) is 8.60. The Labute approximate surface area is 87.4 Å². The van der Waals surface area contributed by atoms with Crippen molar-refractivity contribution in [2.24, 2.45) is 0 Å². The lowest BCUT2D eigenvalue weighted by Crippen LogP contribution is -2.34. The molecule has 1 N–H and O–H groups in total. The maximum absolute atomic E-state index is 11.2. The molecular formula is C10H12N2O3. The van der Waals surface area contributed by atoms with Crippen LogP contribution in [0, 0.1) is 6.92 Å². The number of rotatable bonds is 3. The lowest BCUT2D eigenvalue weighted by atomic mass is 10.3. The van der Waals surface area contributed by atoms with E-state index in [2.05, 4.69) is 4.98 Å². The molecule has 1 amide bonds. The first kappa shape index (κ1) is 11.2. The van der Waals surface area contributed by atoms with E-state index in [9.17, 15) is 9.59 Å². The largest absolute Gasteiger partial charge is 0.480 e. The molecule has 0 fully saturated rings. The summed E-state index contributed by atoms with van der Waals surface area (Å²) in [6.07, 6.45) is 0. The Morgan fingerprint density at radius 3 is 2.60 bits per heavy atom. The van der Waals surface area contributed by atoms with Gasteiger partial charge >= 0.3 is 5.97 Å². The summed E-state index contributed by atoms with van der Waals surface area (Å²) in [6.45, 7) is 2.72. The van der Waals surface area contributed by atoms with E-state index in [-0.39, 0.29) is 12.5 Å². The van der Waals surface area contributed by atoms with Gasteiger partial charge in [0.05, 0.1) is 0 Å². The number of nitrogens with zero attached hydrogens (tertiary/aromatic N) is 2. The molecule has 0 bridgehead atoms. The maximum atomic E-state index is 11.2. The van der Waals surface area contributed by atoms with Crippen LogP contribution in [0.4, 0.5) is 5.82 Å². The molecule has 0 saturated heterocycles. The lowest BCUT2D eigenvalue weighted by molar-refractivity contribution is -0.136. The van der Waals surface area contributed by atoms with Crippen LogP contribution in [0.1, 0.15) is 12.6 Å². The van der Waals surface area contributed by atoms with Crippen molar-refractivity contribution in [2.45, 2.75) is 13.8 Å². The third-order valence-electron chi connectivity index (χ3n) is 1.82. The Balaban J connectivity index is 2.98. The molecule has 0 aromatic carbocycles. The van der Waals surface area contributed by atoms with Gasteiger partial charge in [-0.2, -0.15) is 0 Å². The molecule has 0 saturated carbocycles. The number of anilines is 1. The highest BCUT2D eigenvalue weighted by Crippen LogP contribution is 2.10. The van der Waals surface area contributed by atoms with Gasteiger partial charge < -0.3 is 5.11 Å². The minimum Gasteiger partial charge on any atom is -0.480 e. The fourth-order valence-corrected chi connectivity index (χ4v) is 1.17. The van der Waals surface area contributed by atoms with Crippen LogP contribution in [-0.4, -0.2) is 28.5 Å². The second-order valence-electron chi connectivity index (χ2n) is 3.14. The van der Waals surface area contributed by atoms with Gasteiger partial charge in [0.25, 0.3) is 0 Å². The molecule has 5 heteroatoms. The number of hydrogen-bond acceptors (Lipinski definition) is 3. The molecule has 1 aromatic rings. The minimum absolute atomic E-state index is 0.337. The molecule has 0 aliphatic carbocycles. The van der Waals surface area contributed by atoms with Crippen molar-refractivity contribution in [3.05, 3.63) is 23.9 Å². The highest BCUT2D eigenvalue weighted by molar-refractivity contribution is 5.94. The lowest BCUT2D eigenvalue weighted by Gasteiger charge is -2.17. The van der Waals surface area contributed by atoms with Crippen LogP contribution in [0.5, 0.6) is 0 Å². The number of aryl methyl sites for hydroxylation is 1. The molecule has 0 aliphatic heterocycles. The van der Waals surface area contributed by atoms with E-state index in [0.29, 0.717) is 5.82 Å². The van der Waals surface area contributed by atoms with E-state index < -0.39 is 5.97 Å². The summed E-state index contributed by atoms with van der Waals surface area (Å²) < 4.78 is 0. The van der Waals surface area contributed by atoms with Gasteiger partial charge in [0, 0.05) is 12.6 Å². The molecule has 0 atom stereocenters. The first-order chi connectivity index (χ1) is 7.00. The van der Waals surface area contributed by atoms with E-state index >= 15 is 0 Å². The Hall–Kier alpha value is -1.91. The van der Waals surface area contributed by atoms with E-state index in [1.54, 1.807) is 25.1 Å². The quantitative estimate of drug-likeness (QED) is 0.798. The number of amides is 1. The van der Waals surface area contributed by atoms with Crippen molar-refractivity contribution < 1.29 is 14.7 Å². The fraction of sp³-hybridized carbons (Fsp3) is 0.300. The van der Waals surface area contributed by atoms with Crippen LogP contribution in [0.3, 0.4) is 0 Å². The van der Waals surface area contributed by atoms with Gasteiger partial charge in [-0.25, -0.2) is 4.98 Å². The Bertz CT molecular complexity index is 390. The first-order valence-electron chi connectivity index (χ1n) is 4.44. The Morgan fingerprint density at radius 1 is 1.47 bits per heavy atom. The smallest absolute Gasteiger partial charge is 0.323 e. The highest BCUT2D eigenvalue weighted by Gasteiger charge is 2.15. The van der Waals surface area contributed by atoms with Crippen LogP contribution >= 0.6 is 0 Å². The van der Waals surface area contributed by atoms with Gasteiger partial charge in [0.2, 0.25) is 5.91 Å². The van der Waals surface area contributed by atoms with Crippen LogP contribution in [0.15, 0.2) is 18.2 Å². The van der Waals surface area contributed by atoms with Crippen molar-refractivity contribution in [3.63, 3.8) is 0 Å². The summed E-state index contributed by atoms with van der Waals surface area (Å²) in [5, 5.41) is 8.64. The first-order valence-corrected chi connectivity index (χ1v) is 4.44. The third kappa shape index (κ3) is 3.05. The number of hydrogen-bond donors (Lipinski definition) is 1. The Kier molecular flexibility index (Phi) is 3.38. The van der Waals surface area contributed by atoms with E-state index in [0.717, 1.165) is 10.6 Å². The van der Waals surface area contributed by atoms with Crippen LogP contribution in [0.2, 0.25) is 0 Å². The average Bonchev–Trinajstić information content (AvgIpc) is 2.13. The van der Waals surface area contributed by atoms with Crippen molar-refractivity contribution in [3.8, 4) is 0 Å². The predicted octanol–water partition coefficient (Wildman–Crippen LogP) is 0.828. The second kappa shape index (κ2) is 4.54. The zero-order valence-electron chi connectivity index (χ0n) is 8.60. The topological polar surface area (TPSA) is 70.5 Å². The molecule has 1 aromatic heterocycles. The van der Waals surface area contributed by atoms with Gasteiger partial charge in [0.1, 0.15) is 12.4 Å². The molecule has 0 radical (unpaired) electrons. The van der Waals surface area contributed by atoms with Gasteiger partial charge in [-0.3, -0.25) is 14.5 Å². The molecule has 1 heterocycles. The summed E-state index contributed by atoms with van der Waals surface area (Å²) in [5.41, 5.74) is 0.740. The molecule has 0 spiro atoms. The van der Waals surface area contributed by atoms with Crippen molar-refractivity contribution >= 4 is 17.7 Å². The summed E-state index contributed by atoms with van der Waals surface area (Å²) in [4.78, 5) is 27.0. The molecule has 0 aliphatic rings. The molecule has 5 nitrogen and oxygen atoms in total. The van der Waals surface area contributed by atoms with Crippen LogP contribution in [-0.2, 0) is 9.59 Å². The zero-order chi connectivity index (χ0) is 11.4. The standard InChI is InChI=1S/C10H12N2O3/c1-7-4-3-5-9(11-7)12(8(2)13)6-10(14)15/h3-5H,6H2,1-2H3,(H,14,15). The average molecular weight is 208 g/mol. The maximum Gasteiger partial charge on any atom is 0.323 e. The van der Waals surface area contributed by atoms with Gasteiger partial charge in [-0.1, -0.05) is 6.07 Å². The summed E-state index contributed by atoms with van der Waals surface area (Å²) >= 11 is 0. The van der Waals surface area contributed by atoms with Gasteiger partial charge in [-0.05, 0) is 19.1 Å². The van der Waals surface area contributed by atoms with E-state index in [1.807, 2.05) is 0 Å². The number of carboxylic acids is 1. The number of carbonyl (C=O) groups is 2. The number of aliphatic carboxylic acids is 1. The number of carbonyl (C=O) groups excluding carboxylic acids is 1. The summed E-state index contributed by atoms with van der Waals surface area (Å²) in [7, 11) is 0.